The van der Waals surface area contributed by atoms with Gasteiger partial charge < -0.3 is 10.6 Å². The van der Waals surface area contributed by atoms with Gasteiger partial charge in [0.1, 0.15) is 11.4 Å². The van der Waals surface area contributed by atoms with Crippen LogP contribution in [0.15, 0.2) is 12.3 Å². The number of nitrogens with two attached hydrogens (primary N) is 1. The summed E-state index contributed by atoms with van der Waals surface area (Å²) in [4.78, 5) is 5.54. The summed E-state index contributed by atoms with van der Waals surface area (Å²) in [5.74, 6) is 0.00593. The van der Waals surface area contributed by atoms with Gasteiger partial charge in [-0.3, -0.25) is 0 Å². The van der Waals surface area contributed by atoms with Gasteiger partial charge in [-0.15, -0.1) is 0 Å². The Morgan fingerprint density at radius 3 is 2.41 bits per heavy atom. The van der Waals surface area contributed by atoms with Gasteiger partial charge in [-0.25, -0.2) is 4.98 Å². The fraction of sp³-hybridized carbons (Fsp3) is 0.545. The molecule has 17 heavy (non-hydrogen) atoms. The molecule has 0 atom stereocenters. The molecule has 1 saturated heterocycles. The minimum Gasteiger partial charge on any atom is -0.397 e. The van der Waals surface area contributed by atoms with Crippen LogP contribution in [0.1, 0.15) is 24.8 Å². The maximum Gasteiger partial charge on any atom is 0.420 e. The molecule has 0 spiro atoms. The molecule has 1 aliphatic heterocycles. The van der Waals surface area contributed by atoms with Crippen molar-refractivity contribution in [2.75, 3.05) is 23.7 Å². The van der Waals surface area contributed by atoms with Crippen molar-refractivity contribution < 1.29 is 13.2 Å². The molecule has 0 saturated carbocycles. The second-order valence-corrected chi connectivity index (χ2v) is 4.19. The van der Waals surface area contributed by atoms with Crippen LogP contribution in [0.4, 0.5) is 24.7 Å². The first-order chi connectivity index (χ1) is 7.98. The molecule has 0 amide bonds. The molecule has 1 aliphatic rings. The van der Waals surface area contributed by atoms with Crippen LogP contribution in [-0.4, -0.2) is 18.1 Å². The van der Waals surface area contributed by atoms with E-state index in [9.17, 15) is 13.2 Å². The van der Waals surface area contributed by atoms with Crippen molar-refractivity contribution in [3.63, 3.8) is 0 Å². The quantitative estimate of drug-likeness (QED) is 0.827. The van der Waals surface area contributed by atoms with Crippen LogP contribution in [-0.2, 0) is 6.18 Å². The molecule has 2 N–H and O–H groups in total. The maximum atomic E-state index is 12.9. The van der Waals surface area contributed by atoms with Gasteiger partial charge in [0, 0.05) is 13.1 Å². The van der Waals surface area contributed by atoms with Gasteiger partial charge in [-0.2, -0.15) is 13.2 Å². The van der Waals surface area contributed by atoms with Crippen molar-refractivity contribution >= 4 is 11.5 Å². The molecule has 3 nitrogen and oxygen atoms in total. The van der Waals surface area contributed by atoms with Crippen molar-refractivity contribution in [3.8, 4) is 0 Å². The number of piperidine rings is 1. The van der Waals surface area contributed by atoms with E-state index in [1.165, 1.54) is 6.20 Å². The third-order valence-electron chi connectivity index (χ3n) is 2.85. The van der Waals surface area contributed by atoms with Crippen molar-refractivity contribution in [2.45, 2.75) is 25.4 Å². The van der Waals surface area contributed by atoms with E-state index in [2.05, 4.69) is 4.98 Å². The van der Waals surface area contributed by atoms with Crippen LogP contribution in [0, 0.1) is 0 Å². The number of nitrogens with zero attached hydrogens (tertiary/aromatic N) is 2. The van der Waals surface area contributed by atoms with E-state index in [1.54, 1.807) is 4.90 Å². The van der Waals surface area contributed by atoms with Gasteiger partial charge in [-0.1, -0.05) is 0 Å². The maximum absolute atomic E-state index is 12.9. The Kier molecular flexibility index (Phi) is 3.13. The van der Waals surface area contributed by atoms with E-state index in [1.807, 2.05) is 0 Å². The van der Waals surface area contributed by atoms with Gasteiger partial charge in [0.15, 0.2) is 0 Å². The summed E-state index contributed by atoms with van der Waals surface area (Å²) in [6, 6.07) is 0.955. The number of halogens is 3. The SMILES string of the molecule is Nc1cnc(N2CCCCC2)c(C(F)(F)F)c1. The molecule has 1 fully saturated rings. The smallest absolute Gasteiger partial charge is 0.397 e. The Morgan fingerprint density at radius 1 is 1.18 bits per heavy atom. The van der Waals surface area contributed by atoms with E-state index in [0.717, 1.165) is 25.3 Å². The fourth-order valence-electron chi connectivity index (χ4n) is 2.04. The van der Waals surface area contributed by atoms with Crippen LogP contribution < -0.4 is 10.6 Å². The monoisotopic (exact) mass is 245 g/mol. The molecule has 1 aromatic rings. The summed E-state index contributed by atoms with van der Waals surface area (Å²) in [7, 11) is 0. The van der Waals surface area contributed by atoms with E-state index >= 15 is 0 Å². The molecular formula is C11H14F3N3. The number of hydrogen-bond acceptors (Lipinski definition) is 3. The zero-order valence-corrected chi connectivity index (χ0v) is 9.30. The molecule has 0 bridgehead atoms. The largest absolute Gasteiger partial charge is 0.420 e. The number of hydrogen-bond donors (Lipinski definition) is 1. The Labute approximate surface area is 97.4 Å². The summed E-state index contributed by atoms with van der Waals surface area (Å²) < 4.78 is 38.6. The predicted octanol–water partition coefficient (Wildman–Crippen LogP) is 2.67. The standard InChI is InChI=1S/C11H14F3N3/c12-11(13,14)9-6-8(15)7-16-10(9)17-4-2-1-3-5-17/h6-7H,1-5,15H2. The fourth-order valence-corrected chi connectivity index (χ4v) is 2.04. The lowest BCUT2D eigenvalue weighted by molar-refractivity contribution is -0.137. The predicted molar refractivity (Wildman–Crippen MR) is 59.7 cm³/mol. The lowest BCUT2D eigenvalue weighted by Crippen LogP contribution is -2.32. The molecule has 0 unspecified atom stereocenters. The lowest BCUT2D eigenvalue weighted by atomic mass is 10.1. The number of rotatable bonds is 1. The van der Waals surface area contributed by atoms with Gasteiger partial charge in [0.05, 0.1) is 11.9 Å². The molecule has 2 heterocycles. The average Bonchev–Trinajstić information content (AvgIpc) is 2.29. The van der Waals surface area contributed by atoms with E-state index < -0.39 is 11.7 Å². The molecule has 0 radical (unpaired) electrons. The highest BCUT2D eigenvalue weighted by atomic mass is 19.4. The normalized spacial score (nSPS) is 17.2. The van der Waals surface area contributed by atoms with E-state index in [0.29, 0.717) is 13.1 Å². The summed E-state index contributed by atoms with van der Waals surface area (Å²) in [5, 5.41) is 0. The summed E-state index contributed by atoms with van der Waals surface area (Å²) >= 11 is 0. The van der Waals surface area contributed by atoms with Crippen LogP contribution in [0.3, 0.4) is 0 Å². The van der Waals surface area contributed by atoms with E-state index in [-0.39, 0.29) is 11.5 Å². The molecular weight excluding hydrogens is 231 g/mol. The van der Waals surface area contributed by atoms with Gasteiger partial charge in [-0.05, 0) is 25.3 Å². The second kappa shape index (κ2) is 4.43. The third-order valence-corrected chi connectivity index (χ3v) is 2.85. The number of aromatic nitrogens is 1. The van der Waals surface area contributed by atoms with Crippen LogP contribution >= 0.6 is 0 Å². The van der Waals surface area contributed by atoms with Gasteiger partial charge in [0.25, 0.3) is 0 Å². The Morgan fingerprint density at radius 2 is 1.82 bits per heavy atom. The Hall–Kier alpha value is -1.46. The second-order valence-electron chi connectivity index (χ2n) is 4.19. The number of pyridine rings is 1. The first-order valence-corrected chi connectivity index (χ1v) is 5.56. The summed E-state index contributed by atoms with van der Waals surface area (Å²) in [5.41, 5.74) is 4.68. The zero-order valence-electron chi connectivity index (χ0n) is 9.30. The highest BCUT2D eigenvalue weighted by Gasteiger charge is 2.36. The first-order valence-electron chi connectivity index (χ1n) is 5.56. The molecule has 0 aliphatic carbocycles. The lowest BCUT2D eigenvalue weighted by Gasteiger charge is -2.29. The minimum atomic E-state index is -4.41. The van der Waals surface area contributed by atoms with Crippen molar-refractivity contribution in [3.05, 3.63) is 17.8 Å². The Bertz CT molecular complexity index is 397. The highest BCUT2D eigenvalue weighted by molar-refractivity contribution is 5.54. The van der Waals surface area contributed by atoms with E-state index in [4.69, 9.17) is 5.73 Å². The number of anilines is 2. The molecule has 94 valence electrons. The van der Waals surface area contributed by atoms with Crippen LogP contribution in [0.2, 0.25) is 0 Å². The Balaban J connectivity index is 2.38. The highest BCUT2D eigenvalue weighted by Crippen LogP contribution is 2.37. The summed E-state index contributed by atoms with van der Waals surface area (Å²) in [6.45, 7) is 1.25. The molecule has 1 aromatic heterocycles. The minimum absolute atomic E-state index is 0.00593. The first kappa shape index (κ1) is 12.0. The van der Waals surface area contributed by atoms with Gasteiger partial charge in [0.2, 0.25) is 0 Å². The molecule has 2 rings (SSSR count). The van der Waals surface area contributed by atoms with Crippen LogP contribution in [0.5, 0.6) is 0 Å². The van der Waals surface area contributed by atoms with Crippen molar-refractivity contribution in [1.29, 1.82) is 0 Å². The van der Waals surface area contributed by atoms with Crippen molar-refractivity contribution in [2.24, 2.45) is 0 Å². The van der Waals surface area contributed by atoms with Gasteiger partial charge >= 0.3 is 6.18 Å². The number of nitrogen functional groups attached to an aromatic ring is 1. The van der Waals surface area contributed by atoms with Crippen LogP contribution in [0.25, 0.3) is 0 Å². The zero-order chi connectivity index (χ0) is 12.5. The topological polar surface area (TPSA) is 42.1 Å². The van der Waals surface area contributed by atoms with Crippen molar-refractivity contribution in [1.82, 2.24) is 4.98 Å². The molecule has 6 heteroatoms. The number of alkyl halides is 3. The summed E-state index contributed by atoms with van der Waals surface area (Å²) in [6.07, 6.45) is -0.256. The average molecular weight is 245 g/mol. The third kappa shape index (κ3) is 2.62. The molecule has 0 aromatic carbocycles.